The van der Waals surface area contributed by atoms with E-state index in [4.69, 9.17) is 20.4 Å². The van der Waals surface area contributed by atoms with E-state index in [2.05, 4.69) is 11.8 Å². The molecule has 1 saturated heterocycles. The molecule has 7 nitrogen and oxygen atoms in total. The molecule has 188 valence electrons. The van der Waals surface area contributed by atoms with E-state index >= 15 is 0 Å². The van der Waals surface area contributed by atoms with Gasteiger partial charge in [-0.05, 0) is 79.4 Å². The Kier molecular flexibility index (Phi) is 5.80. The predicted octanol–water partition coefficient (Wildman–Crippen LogP) is 6.70. The van der Waals surface area contributed by atoms with Gasteiger partial charge in [-0.2, -0.15) is 0 Å². The molecule has 6 rings (SSSR count). The number of amides is 1. The molecule has 1 atom stereocenters. The third-order valence-electron chi connectivity index (χ3n) is 7.24. The average molecular weight is 517 g/mol. The molecule has 8 heteroatoms. The van der Waals surface area contributed by atoms with E-state index in [0.29, 0.717) is 27.4 Å². The van der Waals surface area contributed by atoms with Crippen molar-refractivity contribution in [3.05, 3.63) is 94.8 Å². The summed E-state index contributed by atoms with van der Waals surface area (Å²) in [6.07, 6.45) is 3.76. The van der Waals surface area contributed by atoms with Crippen molar-refractivity contribution in [1.29, 1.82) is 0 Å². The minimum Gasteiger partial charge on any atom is -0.503 e. The van der Waals surface area contributed by atoms with E-state index in [0.717, 1.165) is 37.5 Å². The standard InChI is InChI=1S/C29H25ClN2O5/c1-17-10-12-31(13-11-17)20-5-7-21(8-6-20)32-26(23-3-2-14-36-23)25(28(34)29(32)35)27(33)24-16-18-15-19(30)4-9-22(18)37-24/h2-9,14-17,26,34H,10-13H2,1H3. The molecule has 1 fully saturated rings. The zero-order valence-corrected chi connectivity index (χ0v) is 20.9. The van der Waals surface area contributed by atoms with Crippen LogP contribution >= 0.6 is 11.6 Å². The molecule has 0 saturated carbocycles. The van der Waals surface area contributed by atoms with E-state index in [1.165, 1.54) is 11.2 Å². The number of Topliss-reactive ketones (excluding diaryl/α,β-unsaturated/α-hetero) is 1. The van der Waals surface area contributed by atoms with Gasteiger partial charge in [0.05, 0.1) is 11.8 Å². The van der Waals surface area contributed by atoms with Crippen molar-refractivity contribution in [2.45, 2.75) is 25.8 Å². The minimum atomic E-state index is -0.950. The molecule has 0 bridgehead atoms. The summed E-state index contributed by atoms with van der Waals surface area (Å²) in [5, 5.41) is 12.1. The Balaban J connectivity index is 1.36. The van der Waals surface area contributed by atoms with Crippen LogP contribution in [0.4, 0.5) is 11.4 Å². The third kappa shape index (κ3) is 4.09. The van der Waals surface area contributed by atoms with Gasteiger partial charge < -0.3 is 18.8 Å². The highest BCUT2D eigenvalue weighted by Gasteiger charge is 2.46. The van der Waals surface area contributed by atoms with Gasteiger partial charge in [0.15, 0.2) is 11.5 Å². The lowest BCUT2D eigenvalue weighted by molar-refractivity contribution is -0.117. The number of anilines is 2. The fourth-order valence-electron chi connectivity index (χ4n) is 5.17. The maximum absolute atomic E-state index is 13.7. The fourth-order valence-corrected chi connectivity index (χ4v) is 5.35. The molecule has 0 aliphatic carbocycles. The second-order valence-electron chi connectivity index (χ2n) is 9.66. The van der Waals surface area contributed by atoms with Crippen molar-refractivity contribution >= 4 is 45.6 Å². The third-order valence-corrected chi connectivity index (χ3v) is 7.48. The van der Waals surface area contributed by atoms with Crippen molar-refractivity contribution in [2.24, 2.45) is 5.92 Å². The zero-order valence-electron chi connectivity index (χ0n) is 20.2. The van der Waals surface area contributed by atoms with E-state index < -0.39 is 23.5 Å². The number of piperidine rings is 1. The lowest BCUT2D eigenvalue weighted by Gasteiger charge is -2.32. The summed E-state index contributed by atoms with van der Waals surface area (Å²) in [6.45, 7) is 4.25. The van der Waals surface area contributed by atoms with Gasteiger partial charge in [-0.15, -0.1) is 0 Å². The van der Waals surface area contributed by atoms with Crippen LogP contribution in [0.3, 0.4) is 0 Å². The highest BCUT2D eigenvalue weighted by atomic mass is 35.5. The van der Waals surface area contributed by atoms with Crippen LogP contribution in [-0.4, -0.2) is 29.9 Å². The molecule has 2 aliphatic heterocycles. The first-order valence-electron chi connectivity index (χ1n) is 12.3. The monoisotopic (exact) mass is 516 g/mol. The summed E-state index contributed by atoms with van der Waals surface area (Å²) in [5.41, 5.74) is 2.00. The highest BCUT2D eigenvalue weighted by molar-refractivity contribution is 6.31. The number of hydrogen-bond donors (Lipinski definition) is 1. The number of carbonyl (C=O) groups excluding carboxylic acids is 2. The summed E-state index contributed by atoms with van der Waals surface area (Å²) in [5.74, 6) is -0.821. The summed E-state index contributed by atoms with van der Waals surface area (Å²) in [4.78, 5) is 30.7. The van der Waals surface area contributed by atoms with Gasteiger partial charge in [0.25, 0.3) is 5.91 Å². The highest BCUT2D eigenvalue weighted by Crippen LogP contribution is 2.43. The zero-order chi connectivity index (χ0) is 25.7. The number of aliphatic hydroxyl groups excluding tert-OH is 1. The topological polar surface area (TPSA) is 87.1 Å². The normalized spacial score (nSPS) is 18.9. The van der Waals surface area contributed by atoms with Crippen LogP contribution in [0.5, 0.6) is 0 Å². The van der Waals surface area contributed by atoms with E-state index in [-0.39, 0.29) is 11.3 Å². The second-order valence-corrected chi connectivity index (χ2v) is 10.1. The molecule has 37 heavy (non-hydrogen) atoms. The van der Waals surface area contributed by atoms with Crippen LogP contribution in [0.1, 0.15) is 42.1 Å². The number of benzene rings is 2. The van der Waals surface area contributed by atoms with Gasteiger partial charge in [-0.3, -0.25) is 14.5 Å². The maximum atomic E-state index is 13.7. The summed E-state index contributed by atoms with van der Waals surface area (Å²) in [7, 11) is 0. The number of carbonyl (C=O) groups is 2. The van der Waals surface area contributed by atoms with Crippen molar-refractivity contribution < 1.29 is 23.5 Å². The Morgan fingerprint density at radius 2 is 1.76 bits per heavy atom. The molecule has 2 aliphatic rings. The van der Waals surface area contributed by atoms with E-state index in [1.807, 2.05) is 24.3 Å². The smallest absolute Gasteiger partial charge is 0.294 e. The summed E-state index contributed by atoms with van der Waals surface area (Å²) in [6, 6.07) is 16.6. The SMILES string of the molecule is CC1CCN(c2ccc(N3C(=O)C(O)=C(C(=O)c4cc5cc(Cl)ccc5o4)C3c3ccco3)cc2)CC1. The molecule has 2 aromatic heterocycles. The number of aliphatic hydroxyl groups is 1. The first-order valence-corrected chi connectivity index (χ1v) is 12.7. The average Bonchev–Trinajstić information content (AvgIpc) is 3.63. The molecule has 1 N–H and O–H groups in total. The van der Waals surface area contributed by atoms with Gasteiger partial charge in [-0.25, -0.2) is 0 Å². The van der Waals surface area contributed by atoms with Crippen LogP contribution in [0.15, 0.2) is 87.1 Å². The van der Waals surface area contributed by atoms with Gasteiger partial charge >= 0.3 is 0 Å². The van der Waals surface area contributed by atoms with Crippen LogP contribution in [-0.2, 0) is 4.79 Å². The van der Waals surface area contributed by atoms with Crippen LogP contribution < -0.4 is 9.80 Å². The molecule has 0 spiro atoms. The first-order chi connectivity index (χ1) is 17.9. The van der Waals surface area contributed by atoms with Crippen molar-refractivity contribution in [3.8, 4) is 0 Å². The molecular weight excluding hydrogens is 492 g/mol. The number of fused-ring (bicyclic) bond motifs is 1. The van der Waals surface area contributed by atoms with Crippen LogP contribution in [0.2, 0.25) is 5.02 Å². The van der Waals surface area contributed by atoms with Gasteiger partial charge in [0.2, 0.25) is 5.78 Å². The quantitative estimate of drug-likeness (QED) is 0.297. The summed E-state index contributed by atoms with van der Waals surface area (Å²) >= 11 is 6.08. The Morgan fingerprint density at radius 1 is 1.03 bits per heavy atom. The fraction of sp³-hybridized carbons (Fsp3) is 0.241. The Bertz CT molecular complexity index is 1510. The largest absolute Gasteiger partial charge is 0.503 e. The maximum Gasteiger partial charge on any atom is 0.294 e. The number of ketones is 1. The predicted molar refractivity (Wildman–Crippen MR) is 141 cm³/mol. The van der Waals surface area contributed by atoms with E-state index in [9.17, 15) is 14.7 Å². The van der Waals surface area contributed by atoms with Gasteiger partial charge in [-0.1, -0.05) is 18.5 Å². The molecular formula is C29H25ClN2O5. The molecule has 4 heterocycles. The number of rotatable bonds is 5. The number of furan rings is 2. The van der Waals surface area contributed by atoms with Crippen molar-refractivity contribution in [2.75, 3.05) is 22.9 Å². The Labute approximate surface area is 218 Å². The minimum absolute atomic E-state index is 0.000280. The Morgan fingerprint density at radius 3 is 2.46 bits per heavy atom. The van der Waals surface area contributed by atoms with Crippen molar-refractivity contribution in [3.63, 3.8) is 0 Å². The van der Waals surface area contributed by atoms with Crippen LogP contribution in [0.25, 0.3) is 11.0 Å². The first kappa shape index (κ1) is 23.4. The van der Waals surface area contributed by atoms with Crippen LogP contribution in [0, 0.1) is 5.92 Å². The Hall–Kier alpha value is -3.97. The number of halogens is 1. The molecule has 0 radical (unpaired) electrons. The molecule has 2 aromatic carbocycles. The van der Waals surface area contributed by atoms with Crippen molar-refractivity contribution in [1.82, 2.24) is 0 Å². The molecule has 1 amide bonds. The second kappa shape index (κ2) is 9.16. The molecule has 1 unspecified atom stereocenters. The molecule has 4 aromatic rings. The van der Waals surface area contributed by atoms with E-state index in [1.54, 1.807) is 36.4 Å². The summed E-state index contributed by atoms with van der Waals surface area (Å²) < 4.78 is 11.4. The number of nitrogens with zero attached hydrogens (tertiary/aromatic N) is 2. The van der Waals surface area contributed by atoms with Gasteiger partial charge in [0.1, 0.15) is 17.4 Å². The number of hydrogen-bond acceptors (Lipinski definition) is 6. The lowest BCUT2D eigenvalue weighted by Crippen LogP contribution is -2.33. The van der Waals surface area contributed by atoms with Gasteiger partial charge in [0, 0.05) is 34.9 Å². The lowest BCUT2D eigenvalue weighted by atomic mass is 9.98.